The van der Waals surface area contributed by atoms with Gasteiger partial charge in [0, 0.05) is 17.9 Å². The van der Waals surface area contributed by atoms with Crippen LogP contribution in [0.15, 0.2) is 12.1 Å². The Morgan fingerprint density at radius 3 is 2.28 bits per heavy atom. The summed E-state index contributed by atoms with van der Waals surface area (Å²) >= 11 is 5.62. The maximum atomic E-state index is 12.1. The van der Waals surface area contributed by atoms with Gasteiger partial charge in [-0.05, 0) is 57.4 Å². The van der Waals surface area contributed by atoms with Crippen LogP contribution in [0.1, 0.15) is 48.2 Å². The van der Waals surface area contributed by atoms with E-state index in [1.807, 2.05) is 39.8 Å². The largest absolute Gasteiger partial charge is 0.491 e. The molecule has 1 rings (SSSR count). The minimum atomic E-state index is 0.140. The Balaban J connectivity index is 2.97. The minimum Gasteiger partial charge on any atom is -0.491 e. The molecule has 0 radical (unpaired) electrons. The summed E-state index contributed by atoms with van der Waals surface area (Å²) in [5, 5.41) is 0. The molecule has 0 heterocycles. The molecule has 3 heteroatoms. The van der Waals surface area contributed by atoms with E-state index >= 15 is 0 Å². The van der Waals surface area contributed by atoms with Gasteiger partial charge in [-0.25, -0.2) is 0 Å². The molecule has 0 saturated heterocycles. The number of Topliss-reactive ketones (excluding diaryl/α,β-unsaturated/α-hetero) is 1. The van der Waals surface area contributed by atoms with Gasteiger partial charge in [0.05, 0.1) is 6.10 Å². The molecule has 0 atom stereocenters. The molecule has 0 saturated carbocycles. The van der Waals surface area contributed by atoms with E-state index < -0.39 is 0 Å². The number of aryl methyl sites for hydroxylation is 2. The van der Waals surface area contributed by atoms with Crippen LogP contribution in [0.5, 0.6) is 5.75 Å². The van der Waals surface area contributed by atoms with Crippen molar-refractivity contribution in [2.45, 2.75) is 46.6 Å². The summed E-state index contributed by atoms with van der Waals surface area (Å²) in [6.45, 7) is 7.89. The summed E-state index contributed by atoms with van der Waals surface area (Å²) in [6, 6.07) is 3.86. The van der Waals surface area contributed by atoms with Crippen molar-refractivity contribution in [3.05, 3.63) is 28.8 Å². The molecule has 1 aromatic carbocycles. The molecule has 0 aliphatic rings. The van der Waals surface area contributed by atoms with Gasteiger partial charge in [-0.3, -0.25) is 4.79 Å². The quantitative estimate of drug-likeness (QED) is 0.568. The van der Waals surface area contributed by atoms with Crippen LogP contribution in [0, 0.1) is 13.8 Å². The summed E-state index contributed by atoms with van der Waals surface area (Å²) in [4.78, 5) is 12.1. The number of hydrogen-bond donors (Lipinski definition) is 0. The smallest absolute Gasteiger partial charge is 0.163 e. The van der Waals surface area contributed by atoms with E-state index in [0.717, 1.165) is 28.9 Å². The van der Waals surface area contributed by atoms with Crippen molar-refractivity contribution in [3.63, 3.8) is 0 Å². The van der Waals surface area contributed by atoms with Crippen molar-refractivity contribution in [1.29, 1.82) is 0 Å². The number of alkyl halides is 1. The highest BCUT2D eigenvalue weighted by atomic mass is 35.5. The van der Waals surface area contributed by atoms with E-state index in [-0.39, 0.29) is 11.9 Å². The zero-order chi connectivity index (χ0) is 13.7. The second kappa shape index (κ2) is 6.79. The number of ether oxygens (including phenoxy) is 1. The van der Waals surface area contributed by atoms with Crippen molar-refractivity contribution in [2.75, 3.05) is 5.88 Å². The van der Waals surface area contributed by atoms with Crippen LogP contribution in [-0.2, 0) is 0 Å². The molecule has 0 spiro atoms. The predicted octanol–water partition coefficient (Wildman–Crippen LogP) is 4.29. The van der Waals surface area contributed by atoms with E-state index in [0.29, 0.717) is 12.3 Å². The Hall–Kier alpha value is -1.02. The highest BCUT2D eigenvalue weighted by Crippen LogP contribution is 2.24. The first kappa shape index (κ1) is 15.0. The topological polar surface area (TPSA) is 26.3 Å². The lowest BCUT2D eigenvalue weighted by Crippen LogP contribution is -2.09. The molecule has 0 N–H and O–H groups in total. The lowest BCUT2D eigenvalue weighted by atomic mass is 9.96. The fourth-order valence-electron chi connectivity index (χ4n) is 2.06. The van der Waals surface area contributed by atoms with Crippen molar-refractivity contribution >= 4 is 17.4 Å². The number of benzene rings is 1. The van der Waals surface area contributed by atoms with Gasteiger partial charge in [-0.1, -0.05) is 0 Å². The lowest BCUT2D eigenvalue weighted by Gasteiger charge is -2.14. The standard InChI is InChI=1S/C15H21ClO2/c1-10(2)18-13-8-11(3)15(12(4)9-13)14(17)6-5-7-16/h8-10H,5-7H2,1-4H3. The molecular weight excluding hydrogens is 248 g/mol. The fraction of sp³-hybridized carbons (Fsp3) is 0.533. The molecular formula is C15H21ClO2. The molecule has 0 aliphatic carbocycles. The molecule has 1 aromatic rings. The van der Waals surface area contributed by atoms with Gasteiger partial charge in [0.15, 0.2) is 5.78 Å². The predicted molar refractivity (Wildman–Crippen MR) is 76.0 cm³/mol. The van der Waals surface area contributed by atoms with E-state index in [1.165, 1.54) is 0 Å². The number of halogens is 1. The van der Waals surface area contributed by atoms with Gasteiger partial charge in [0.2, 0.25) is 0 Å². The van der Waals surface area contributed by atoms with Gasteiger partial charge in [-0.15, -0.1) is 11.6 Å². The molecule has 100 valence electrons. The highest BCUT2D eigenvalue weighted by Gasteiger charge is 2.13. The molecule has 0 fully saturated rings. The molecule has 2 nitrogen and oxygen atoms in total. The van der Waals surface area contributed by atoms with Crippen LogP contribution < -0.4 is 4.74 Å². The van der Waals surface area contributed by atoms with Gasteiger partial charge >= 0.3 is 0 Å². The van der Waals surface area contributed by atoms with E-state index in [2.05, 4.69) is 0 Å². The summed E-state index contributed by atoms with van der Waals surface area (Å²) < 4.78 is 5.66. The average molecular weight is 269 g/mol. The van der Waals surface area contributed by atoms with Gasteiger partial charge < -0.3 is 4.74 Å². The fourth-order valence-corrected chi connectivity index (χ4v) is 2.19. The molecule has 0 aromatic heterocycles. The lowest BCUT2D eigenvalue weighted by molar-refractivity contribution is 0.0980. The van der Waals surface area contributed by atoms with Crippen molar-refractivity contribution < 1.29 is 9.53 Å². The number of carbonyl (C=O) groups excluding carboxylic acids is 1. The van der Waals surface area contributed by atoms with Crippen molar-refractivity contribution in [1.82, 2.24) is 0 Å². The third-order valence-electron chi connectivity index (χ3n) is 2.69. The first-order chi connectivity index (χ1) is 8.45. The number of carbonyl (C=O) groups is 1. The number of rotatable bonds is 6. The summed E-state index contributed by atoms with van der Waals surface area (Å²) in [5.41, 5.74) is 2.77. The Labute approximate surface area is 114 Å². The van der Waals surface area contributed by atoms with E-state index in [9.17, 15) is 4.79 Å². The van der Waals surface area contributed by atoms with E-state index in [1.54, 1.807) is 0 Å². The summed E-state index contributed by atoms with van der Waals surface area (Å²) in [6.07, 6.45) is 1.38. The van der Waals surface area contributed by atoms with Gasteiger partial charge in [0.1, 0.15) is 5.75 Å². The Morgan fingerprint density at radius 1 is 1.28 bits per heavy atom. The van der Waals surface area contributed by atoms with Gasteiger partial charge in [0.25, 0.3) is 0 Å². The molecule has 0 bridgehead atoms. The summed E-state index contributed by atoms with van der Waals surface area (Å²) in [7, 11) is 0. The normalized spacial score (nSPS) is 10.8. The third kappa shape index (κ3) is 4.02. The second-order valence-electron chi connectivity index (χ2n) is 4.81. The molecule has 0 amide bonds. The Bertz CT molecular complexity index is 401. The molecule has 18 heavy (non-hydrogen) atoms. The SMILES string of the molecule is Cc1cc(OC(C)C)cc(C)c1C(=O)CCCCl. The highest BCUT2D eigenvalue weighted by molar-refractivity contribution is 6.18. The van der Waals surface area contributed by atoms with Crippen LogP contribution >= 0.6 is 11.6 Å². The molecule has 0 unspecified atom stereocenters. The maximum absolute atomic E-state index is 12.1. The Kier molecular flexibility index (Phi) is 5.67. The minimum absolute atomic E-state index is 0.140. The van der Waals surface area contributed by atoms with Crippen molar-refractivity contribution in [3.8, 4) is 5.75 Å². The Morgan fingerprint density at radius 2 is 1.83 bits per heavy atom. The zero-order valence-corrected chi connectivity index (χ0v) is 12.3. The number of ketones is 1. The average Bonchev–Trinajstić information content (AvgIpc) is 2.24. The summed E-state index contributed by atoms with van der Waals surface area (Å²) in [5.74, 6) is 1.52. The van der Waals surface area contributed by atoms with Crippen LogP contribution in [0.3, 0.4) is 0 Å². The van der Waals surface area contributed by atoms with Crippen LogP contribution in [0.25, 0.3) is 0 Å². The monoisotopic (exact) mass is 268 g/mol. The van der Waals surface area contributed by atoms with Gasteiger partial charge in [-0.2, -0.15) is 0 Å². The second-order valence-corrected chi connectivity index (χ2v) is 5.19. The van der Waals surface area contributed by atoms with Crippen LogP contribution in [0.2, 0.25) is 0 Å². The van der Waals surface area contributed by atoms with Crippen LogP contribution in [0.4, 0.5) is 0 Å². The van der Waals surface area contributed by atoms with E-state index in [4.69, 9.17) is 16.3 Å². The maximum Gasteiger partial charge on any atom is 0.163 e. The third-order valence-corrected chi connectivity index (χ3v) is 2.96. The zero-order valence-electron chi connectivity index (χ0n) is 11.5. The number of hydrogen-bond acceptors (Lipinski definition) is 2. The van der Waals surface area contributed by atoms with Crippen molar-refractivity contribution in [2.24, 2.45) is 0 Å². The first-order valence-electron chi connectivity index (χ1n) is 6.32. The molecule has 0 aliphatic heterocycles. The van der Waals surface area contributed by atoms with Crippen LogP contribution in [-0.4, -0.2) is 17.8 Å². The first-order valence-corrected chi connectivity index (χ1v) is 6.86.